The minimum atomic E-state index is -0.0451. The number of nitrogens with one attached hydrogen (secondary N) is 1. The maximum absolute atomic E-state index is 13.0. The molecule has 2 aromatic rings. The number of carbonyl (C=O) groups is 1. The van der Waals surface area contributed by atoms with Crippen LogP contribution in [0.3, 0.4) is 0 Å². The van der Waals surface area contributed by atoms with Gasteiger partial charge < -0.3 is 14.5 Å². The number of pyridine rings is 1. The van der Waals surface area contributed by atoms with Crippen LogP contribution in [0.4, 0.5) is 5.69 Å². The number of amides is 1. The van der Waals surface area contributed by atoms with Gasteiger partial charge in [-0.2, -0.15) is 5.10 Å². The maximum Gasteiger partial charge on any atom is 0.274 e. The smallest absolute Gasteiger partial charge is 0.274 e. The normalized spacial score (nSPS) is 23.4. The van der Waals surface area contributed by atoms with Crippen molar-refractivity contribution in [3.8, 4) is 0 Å². The van der Waals surface area contributed by atoms with Crippen molar-refractivity contribution in [2.75, 3.05) is 31.1 Å². The van der Waals surface area contributed by atoms with Gasteiger partial charge in [0.1, 0.15) is 0 Å². The van der Waals surface area contributed by atoms with Crippen LogP contribution in [0.5, 0.6) is 0 Å². The highest BCUT2D eigenvalue weighted by Gasteiger charge is 2.32. The molecule has 0 aliphatic carbocycles. The number of rotatable bonds is 2. The lowest BCUT2D eigenvalue weighted by Crippen LogP contribution is -2.49. The molecule has 7 heteroatoms. The topological polar surface area (TPSA) is 74.4 Å². The summed E-state index contributed by atoms with van der Waals surface area (Å²) in [6.45, 7) is 7.06. The van der Waals surface area contributed by atoms with Crippen LogP contribution >= 0.6 is 0 Å². The molecular weight excluding hydrogens is 318 g/mol. The van der Waals surface area contributed by atoms with Crippen molar-refractivity contribution in [1.82, 2.24) is 20.1 Å². The Balaban J connectivity index is 1.47. The van der Waals surface area contributed by atoms with Crippen LogP contribution < -0.4 is 4.90 Å². The Morgan fingerprint density at radius 3 is 2.64 bits per heavy atom. The molecule has 7 nitrogen and oxygen atoms in total. The van der Waals surface area contributed by atoms with E-state index >= 15 is 0 Å². The summed E-state index contributed by atoms with van der Waals surface area (Å²) in [6, 6.07) is 4.01. The van der Waals surface area contributed by atoms with E-state index in [9.17, 15) is 4.79 Å². The molecule has 0 radical (unpaired) electrons. The van der Waals surface area contributed by atoms with E-state index in [4.69, 9.17) is 4.74 Å². The van der Waals surface area contributed by atoms with E-state index in [0.717, 1.165) is 36.5 Å². The highest BCUT2D eigenvalue weighted by Crippen LogP contribution is 2.30. The van der Waals surface area contributed by atoms with Gasteiger partial charge in [0.2, 0.25) is 0 Å². The third-order valence-corrected chi connectivity index (χ3v) is 5.03. The molecule has 2 aliphatic heterocycles. The molecule has 1 fully saturated rings. The molecule has 2 atom stereocenters. The summed E-state index contributed by atoms with van der Waals surface area (Å²) in [5.41, 5.74) is 3.68. The van der Waals surface area contributed by atoms with Crippen LogP contribution in [0.15, 0.2) is 24.5 Å². The Morgan fingerprint density at radius 2 is 1.92 bits per heavy atom. The third-order valence-electron chi connectivity index (χ3n) is 5.03. The fraction of sp³-hybridized carbons (Fsp3) is 0.500. The second-order valence-electron chi connectivity index (χ2n) is 6.74. The molecule has 1 amide bonds. The molecule has 4 rings (SSSR count). The first-order chi connectivity index (χ1) is 12.1. The Labute approximate surface area is 147 Å². The maximum atomic E-state index is 13.0. The quantitative estimate of drug-likeness (QED) is 0.901. The van der Waals surface area contributed by atoms with Crippen molar-refractivity contribution >= 4 is 11.6 Å². The lowest BCUT2D eigenvalue weighted by atomic mass is 9.99. The first kappa shape index (κ1) is 16.1. The SMILES string of the molecule is C[C@@H]1Cc2c(C(=O)N3CCN(c4ccncc4)CC3)n[nH]c2[C@H](C)O1. The average Bonchev–Trinajstić information content (AvgIpc) is 3.06. The minimum absolute atomic E-state index is 0.0215. The van der Waals surface area contributed by atoms with Gasteiger partial charge in [0.15, 0.2) is 5.69 Å². The summed E-state index contributed by atoms with van der Waals surface area (Å²) in [5.74, 6) is 0.0215. The first-order valence-corrected chi connectivity index (χ1v) is 8.80. The number of carbonyl (C=O) groups excluding carboxylic acids is 1. The zero-order valence-corrected chi connectivity index (χ0v) is 14.6. The standard InChI is InChI=1S/C18H23N5O2/c1-12-11-15-16(13(2)25-12)20-21-17(15)18(24)23-9-7-22(8-10-23)14-3-5-19-6-4-14/h3-6,12-13H,7-11H2,1-2H3,(H,20,21)/t12-,13+/m1/s1. The van der Waals surface area contributed by atoms with Gasteiger partial charge in [-0.3, -0.25) is 14.9 Å². The number of aromatic amines is 1. The van der Waals surface area contributed by atoms with Crippen LogP contribution in [-0.4, -0.2) is 58.3 Å². The number of aromatic nitrogens is 3. The second kappa shape index (κ2) is 6.48. The molecule has 0 aromatic carbocycles. The number of fused-ring (bicyclic) bond motifs is 1. The number of piperazine rings is 1. The van der Waals surface area contributed by atoms with Gasteiger partial charge in [-0.25, -0.2) is 0 Å². The van der Waals surface area contributed by atoms with Gasteiger partial charge in [-0.1, -0.05) is 0 Å². The molecule has 1 N–H and O–H groups in total. The Hall–Kier alpha value is -2.41. The Bertz CT molecular complexity index is 752. The van der Waals surface area contributed by atoms with Crippen molar-refractivity contribution < 1.29 is 9.53 Å². The predicted molar refractivity (Wildman–Crippen MR) is 93.6 cm³/mol. The fourth-order valence-electron chi connectivity index (χ4n) is 3.72. The average molecular weight is 341 g/mol. The van der Waals surface area contributed by atoms with Crippen molar-refractivity contribution in [2.24, 2.45) is 0 Å². The van der Waals surface area contributed by atoms with Gasteiger partial charge in [-0.05, 0) is 26.0 Å². The molecule has 0 saturated carbocycles. The van der Waals surface area contributed by atoms with Crippen molar-refractivity contribution in [3.63, 3.8) is 0 Å². The summed E-state index contributed by atoms with van der Waals surface area (Å²) >= 11 is 0. The number of hydrogen-bond donors (Lipinski definition) is 1. The van der Waals surface area contributed by atoms with Gasteiger partial charge in [0, 0.05) is 56.2 Å². The number of hydrogen-bond acceptors (Lipinski definition) is 5. The number of ether oxygens (including phenoxy) is 1. The molecule has 0 bridgehead atoms. The van der Waals surface area contributed by atoms with E-state index in [1.54, 1.807) is 12.4 Å². The van der Waals surface area contributed by atoms with Crippen molar-refractivity contribution in [2.45, 2.75) is 32.5 Å². The summed E-state index contributed by atoms with van der Waals surface area (Å²) < 4.78 is 5.81. The van der Waals surface area contributed by atoms with Crippen molar-refractivity contribution in [3.05, 3.63) is 41.5 Å². The molecular formula is C18H23N5O2. The number of H-pyrrole nitrogens is 1. The van der Waals surface area contributed by atoms with E-state index in [-0.39, 0.29) is 18.1 Å². The molecule has 132 valence electrons. The lowest BCUT2D eigenvalue weighted by molar-refractivity contribution is -0.00702. The zero-order valence-electron chi connectivity index (χ0n) is 14.6. The molecule has 2 aromatic heterocycles. The van der Waals surface area contributed by atoms with Crippen LogP contribution in [0, 0.1) is 0 Å². The lowest BCUT2D eigenvalue weighted by Gasteiger charge is -2.36. The molecule has 1 saturated heterocycles. The summed E-state index contributed by atoms with van der Waals surface area (Å²) in [5, 5.41) is 7.33. The highest BCUT2D eigenvalue weighted by molar-refractivity contribution is 5.94. The second-order valence-corrected chi connectivity index (χ2v) is 6.74. The van der Waals surface area contributed by atoms with Crippen LogP contribution in [0.2, 0.25) is 0 Å². The molecule has 0 unspecified atom stereocenters. The first-order valence-electron chi connectivity index (χ1n) is 8.80. The summed E-state index contributed by atoms with van der Waals surface area (Å²) in [4.78, 5) is 21.2. The minimum Gasteiger partial charge on any atom is -0.369 e. The molecule has 25 heavy (non-hydrogen) atoms. The number of anilines is 1. The van der Waals surface area contributed by atoms with Crippen LogP contribution in [0.1, 0.15) is 41.7 Å². The Morgan fingerprint density at radius 1 is 1.20 bits per heavy atom. The van der Waals surface area contributed by atoms with Crippen LogP contribution in [-0.2, 0) is 11.2 Å². The third kappa shape index (κ3) is 3.00. The van der Waals surface area contributed by atoms with E-state index < -0.39 is 0 Å². The monoisotopic (exact) mass is 341 g/mol. The largest absolute Gasteiger partial charge is 0.369 e. The molecule has 0 spiro atoms. The van der Waals surface area contributed by atoms with Gasteiger partial charge in [0.05, 0.1) is 17.9 Å². The van der Waals surface area contributed by atoms with E-state index in [1.165, 1.54) is 0 Å². The summed E-state index contributed by atoms with van der Waals surface area (Å²) in [6.07, 6.45) is 4.39. The predicted octanol–water partition coefficient (Wildman–Crippen LogP) is 1.79. The van der Waals surface area contributed by atoms with Gasteiger partial charge in [-0.15, -0.1) is 0 Å². The van der Waals surface area contributed by atoms with E-state index in [1.807, 2.05) is 30.9 Å². The van der Waals surface area contributed by atoms with E-state index in [0.29, 0.717) is 18.8 Å². The van der Waals surface area contributed by atoms with Gasteiger partial charge >= 0.3 is 0 Å². The van der Waals surface area contributed by atoms with E-state index in [2.05, 4.69) is 20.1 Å². The van der Waals surface area contributed by atoms with Crippen LogP contribution in [0.25, 0.3) is 0 Å². The van der Waals surface area contributed by atoms with Crippen molar-refractivity contribution in [1.29, 1.82) is 0 Å². The fourth-order valence-corrected chi connectivity index (χ4v) is 3.72. The molecule has 2 aliphatic rings. The summed E-state index contributed by atoms with van der Waals surface area (Å²) in [7, 11) is 0. The molecule has 4 heterocycles. The Kier molecular flexibility index (Phi) is 4.17. The highest BCUT2D eigenvalue weighted by atomic mass is 16.5. The van der Waals surface area contributed by atoms with Gasteiger partial charge in [0.25, 0.3) is 5.91 Å². The zero-order chi connectivity index (χ0) is 17.4. The number of nitrogens with zero attached hydrogens (tertiary/aromatic N) is 4.